The van der Waals surface area contributed by atoms with E-state index in [9.17, 15) is 9.18 Å². The molecule has 0 atom stereocenters. The Hall–Kier alpha value is -1.64. The van der Waals surface area contributed by atoms with E-state index in [1.807, 2.05) is 19.1 Å². The molecule has 0 amide bonds. The molecule has 0 spiro atoms. The second-order valence-corrected chi connectivity index (χ2v) is 3.04. The van der Waals surface area contributed by atoms with Crippen LogP contribution in [0.3, 0.4) is 0 Å². The van der Waals surface area contributed by atoms with E-state index in [1.54, 1.807) is 6.07 Å². The third-order valence-corrected chi connectivity index (χ3v) is 1.96. The molecule has 0 unspecified atom stereocenters. The lowest BCUT2D eigenvalue weighted by atomic mass is 10.1. The quantitative estimate of drug-likeness (QED) is 0.655. The van der Waals surface area contributed by atoms with Crippen molar-refractivity contribution in [3.8, 4) is 0 Å². The minimum Gasteiger partial charge on any atom is -0.319 e. The Morgan fingerprint density at radius 2 is 2.08 bits per heavy atom. The van der Waals surface area contributed by atoms with Crippen LogP contribution in [0.5, 0.6) is 0 Å². The minimum atomic E-state index is -0.739. The van der Waals surface area contributed by atoms with Crippen molar-refractivity contribution < 1.29 is 4.39 Å². The Morgan fingerprint density at radius 3 is 2.85 bits per heavy atom. The number of hydrogen-bond donors (Lipinski definition) is 1. The van der Waals surface area contributed by atoms with Gasteiger partial charge in [0.25, 0.3) is 5.56 Å². The number of pyridine rings is 1. The van der Waals surface area contributed by atoms with Crippen LogP contribution in [0.15, 0.2) is 29.1 Å². The van der Waals surface area contributed by atoms with Crippen LogP contribution in [0.1, 0.15) is 5.56 Å². The number of benzene rings is 1. The first-order chi connectivity index (χ1) is 6.16. The van der Waals surface area contributed by atoms with Crippen molar-refractivity contribution in [2.24, 2.45) is 0 Å². The maximum absolute atomic E-state index is 12.8. The Balaban J connectivity index is 2.89. The van der Waals surface area contributed by atoms with E-state index >= 15 is 0 Å². The molecular formula is C10H8FNO. The number of aromatic nitrogens is 1. The van der Waals surface area contributed by atoms with Crippen molar-refractivity contribution in [3.05, 3.63) is 46.0 Å². The van der Waals surface area contributed by atoms with Gasteiger partial charge in [0.05, 0.1) is 0 Å². The number of halogens is 1. The monoisotopic (exact) mass is 177 g/mol. The Labute approximate surface area is 74.0 Å². The van der Waals surface area contributed by atoms with Gasteiger partial charge >= 0.3 is 0 Å². The lowest BCUT2D eigenvalue weighted by Gasteiger charge is -1.98. The number of aromatic amines is 1. The molecule has 1 heterocycles. The van der Waals surface area contributed by atoms with Gasteiger partial charge in [0.1, 0.15) is 0 Å². The molecule has 2 aromatic rings. The van der Waals surface area contributed by atoms with Gasteiger partial charge in [0.15, 0.2) is 5.82 Å². The molecule has 0 bridgehead atoms. The Bertz CT molecular complexity index is 516. The van der Waals surface area contributed by atoms with Crippen molar-refractivity contribution in [2.45, 2.75) is 6.92 Å². The zero-order valence-corrected chi connectivity index (χ0v) is 7.10. The summed E-state index contributed by atoms with van der Waals surface area (Å²) in [6.45, 7) is 1.92. The second-order valence-electron chi connectivity index (χ2n) is 3.04. The second kappa shape index (κ2) is 2.69. The van der Waals surface area contributed by atoms with Gasteiger partial charge in [-0.05, 0) is 24.6 Å². The van der Waals surface area contributed by atoms with Crippen LogP contribution in [-0.4, -0.2) is 4.98 Å². The molecule has 3 heteroatoms. The molecule has 2 nitrogen and oxygen atoms in total. The number of nitrogens with one attached hydrogen (secondary N) is 1. The number of H-pyrrole nitrogens is 1. The van der Waals surface area contributed by atoms with Gasteiger partial charge in [0.2, 0.25) is 0 Å². The molecule has 1 aromatic heterocycles. The summed E-state index contributed by atoms with van der Waals surface area (Å²) in [6, 6.07) is 6.72. The lowest BCUT2D eigenvalue weighted by molar-refractivity contribution is 0.612. The highest BCUT2D eigenvalue weighted by Gasteiger charge is 2.00. The molecule has 0 aliphatic heterocycles. The van der Waals surface area contributed by atoms with E-state index in [0.29, 0.717) is 10.9 Å². The van der Waals surface area contributed by atoms with Crippen molar-refractivity contribution in [3.63, 3.8) is 0 Å². The van der Waals surface area contributed by atoms with E-state index < -0.39 is 11.4 Å². The zero-order valence-electron chi connectivity index (χ0n) is 7.10. The topological polar surface area (TPSA) is 32.9 Å². The van der Waals surface area contributed by atoms with Crippen LogP contribution in [0, 0.1) is 12.7 Å². The van der Waals surface area contributed by atoms with Crippen LogP contribution >= 0.6 is 0 Å². The first kappa shape index (κ1) is 7.98. The molecule has 0 fully saturated rings. The highest BCUT2D eigenvalue weighted by atomic mass is 19.1. The summed E-state index contributed by atoms with van der Waals surface area (Å²) in [5.41, 5.74) is 1.04. The zero-order chi connectivity index (χ0) is 9.42. The van der Waals surface area contributed by atoms with Gasteiger partial charge < -0.3 is 4.98 Å². The smallest absolute Gasteiger partial charge is 0.284 e. The van der Waals surface area contributed by atoms with E-state index in [4.69, 9.17) is 0 Å². The predicted octanol–water partition coefficient (Wildman–Crippen LogP) is 1.98. The molecule has 0 radical (unpaired) electrons. The van der Waals surface area contributed by atoms with Crippen molar-refractivity contribution >= 4 is 10.9 Å². The van der Waals surface area contributed by atoms with Crippen LogP contribution in [0.25, 0.3) is 10.9 Å². The Kier molecular flexibility index (Phi) is 1.65. The number of rotatable bonds is 0. The molecular weight excluding hydrogens is 169 g/mol. The molecule has 1 aromatic carbocycles. The summed E-state index contributed by atoms with van der Waals surface area (Å²) in [6.07, 6.45) is 0. The largest absolute Gasteiger partial charge is 0.319 e. The fraction of sp³-hybridized carbons (Fsp3) is 0.100. The van der Waals surface area contributed by atoms with Gasteiger partial charge in [0, 0.05) is 10.9 Å². The minimum absolute atomic E-state index is 0.668. The molecule has 0 aliphatic carbocycles. The normalized spacial score (nSPS) is 10.6. The van der Waals surface area contributed by atoms with Gasteiger partial charge in [-0.1, -0.05) is 12.1 Å². The van der Waals surface area contributed by atoms with Crippen molar-refractivity contribution in [2.75, 3.05) is 0 Å². The van der Waals surface area contributed by atoms with Crippen LogP contribution in [-0.2, 0) is 0 Å². The third kappa shape index (κ3) is 1.33. The van der Waals surface area contributed by atoms with Gasteiger partial charge in [-0.15, -0.1) is 0 Å². The molecule has 1 N–H and O–H groups in total. The molecule has 0 saturated heterocycles. The van der Waals surface area contributed by atoms with E-state index in [1.165, 1.54) is 6.07 Å². The average Bonchev–Trinajstić information content (AvgIpc) is 2.08. The summed E-state index contributed by atoms with van der Waals surface area (Å²) in [5.74, 6) is -0.739. The third-order valence-electron chi connectivity index (χ3n) is 1.96. The fourth-order valence-corrected chi connectivity index (χ4v) is 1.29. The van der Waals surface area contributed by atoms with Crippen LogP contribution in [0.4, 0.5) is 4.39 Å². The fourth-order valence-electron chi connectivity index (χ4n) is 1.29. The molecule has 0 aliphatic rings. The van der Waals surface area contributed by atoms with Crippen molar-refractivity contribution in [1.29, 1.82) is 0 Å². The maximum atomic E-state index is 12.8. The molecule has 66 valence electrons. The lowest BCUT2D eigenvalue weighted by Crippen LogP contribution is -2.09. The van der Waals surface area contributed by atoms with Crippen molar-refractivity contribution in [1.82, 2.24) is 4.98 Å². The SMILES string of the molecule is Cc1ccc2cc(F)c(=O)[nH]c2c1. The highest BCUT2D eigenvalue weighted by molar-refractivity contribution is 5.78. The Morgan fingerprint density at radius 1 is 1.31 bits per heavy atom. The maximum Gasteiger partial charge on any atom is 0.284 e. The standard InChI is InChI=1S/C10H8FNO/c1-6-2-3-7-5-8(11)10(13)12-9(7)4-6/h2-5H,1H3,(H,12,13). The molecule has 13 heavy (non-hydrogen) atoms. The van der Waals surface area contributed by atoms with E-state index in [-0.39, 0.29) is 0 Å². The number of fused-ring (bicyclic) bond motifs is 1. The van der Waals surface area contributed by atoms with Gasteiger partial charge in [-0.3, -0.25) is 4.79 Å². The molecule has 0 saturated carbocycles. The summed E-state index contributed by atoms with van der Waals surface area (Å²) in [7, 11) is 0. The summed E-state index contributed by atoms with van der Waals surface area (Å²) >= 11 is 0. The van der Waals surface area contributed by atoms with Crippen LogP contribution < -0.4 is 5.56 Å². The number of aryl methyl sites for hydroxylation is 1. The van der Waals surface area contributed by atoms with Gasteiger partial charge in [-0.2, -0.15) is 0 Å². The number of hydrogen-bond acceptors (Lipinski definition) is 1. The summed E-state index contributed by atoms with van der Waals surface area (Å²) in [5, 5.41) is 0.711. The average molecular weight is 177 g/mol. The summed E-state index contributed by atoms with van der Waals surface area (Å²) < 4.78 is 12.8. The summed E-state index contributed by atoms with van der Waals surface area (Å²) in [4.78, 5) is 13.4. The van der Waals surface area contributed by atoms with Gasteiger partial charge in [-0.25, -0.2) is 4.39 Å². The van der Waals surface area contributed by atoms with E-state index in [2.05, 4.69) is 4.98 Å². The first-order valence-electron chi connectivity index (χ1n) is 3.96. The highest BCUT2D eigenvalue weighted by Crippen LogP contribution is 2.11. The molecule has 2 rings (SSSR count). The predicted molar refractivity (Wildman–Crippen MR) is 49.3 cm³/mol. The van der Waals surface area contributed by atoms with Crippen LogP contribution in [0.2, 0.25) is 0 Å². The van der Waals surface area contributed by atoms with E-state index in [0.717, 1.165) is 5.56 Å². The first-order valence-corrected chi connectivity index (χ1v) is 3.96.